The molecule has 0 aromatic carbocycles. The van der Waals surface area contributed by atoms with Crippen molar-refractivity contribution in [1.29, 1.82) is 0 Å². The van der Waals surface area contributed by atoms with E-state index in [1.807, 2.05) is 24.3 Å². The van der Waals surface area contributed by atoms with Gasteiger partial charge in [0.05, 0.1) is 13.2 Å². The van der Waals surface area contributed by atoms with Crippen molar-refractivity contribution in [2.45, 2.75) is 102 Å². The molecule has 0 radical (unpaired) electrons. The van der Waals surface area contributed by atoms with Gasteiger partial charge in [0.25, 0.3) is 11.8 Å². The third kappa shape index (κ3) is 15.3. The van der Waals surface area contributed by atoms with Crippen LogP contribution in [0.25, 0.3) is 0 Å². The molecule has 276 valence electrons. The van der Waals surface area contributed by atoms with Gasteiger partial charge in [-0.25, -0.2) is 19.6 Å². The number of carboxylic acid groups (broad SMARTS) is 2. The Hall–Kier alpha value is -3.90. The van der Waals surface area contributed by atoms with E-state index in [1.54, 1.807) is 12.4 Å². The van der Waals surface area contributed by atoms with Gasteiger partial charge in [-0.15, -0.1) is 0 Å². The molecule has 50 heavy (non-hydrogen) atoms. The number of rotatable bonds is 12. The first-order valence-electron chi connectivity index (χ1n) is 18.5. The van der Waals surface area contributed by atoms with Crippen LogP contribution >= 0.6 is 0 Å². The molecule has 0 amide bonds. The minimum Gasteiger partial charge on any atom is -0.488 e. The van der Waals surface area contributed by atoms with E-state index in [0.29, 0.717) is 48.0 Å². The topological polar surface area (TPSA) is 161 Å². The van der Waals surface area contributed by atoms with Crippen LogP contribution in [0.2, 0.25) is 0 Å². The molecule has 2 aliphatic heterocycles. The molecule has 4 aliphatic rings. The zero-order chi connectivity index (χ0) is 35.2. The lowest BCUT2D eigenvalue weighted by Crippen LogP contribution is -2.33. The molecule has 0 bridgehead atoms. The molecule has 6 rings (SSSR count). The number of aromatic nitrogens is 2. The Morgan fingerprint density at radius 1 is 0.640 bits per heavy atom. The van der Waals surface area contributed by atoms with E-state index in [9.17, 15) is 9.59 Å². The fraction of sp³-hybridized carbons (Fsp3) is 0.632. The van der Waals surface area contributed by atoms with Gasteiger partial charge in [0.15, 0.2) is 11.5 Å². The number of nitrogens with zero attached hydrogens (tertiary/aromatic N) is 2. The van der Waals surface area contributed by atoms with Crippen molar-refractivity contribution in [3.05, 3.63) is 48.8 Å². The average molecular weight is 697 g/mol. The van der Waals surface area contributed by atoms with Crippen molar-refractivity contribution in [1.82, 2.24) is 20.6 Å². The maximum absolute atomic E-state index is 9.55. The summed E-state index contributed by atoms with van der Waals surface area (Å²) in [7, 11) is 0. The summed E-state index contributed by atoms with van der Waals surface area (Å²) in [6.45, 7) is 5.89. The van der Waals surface area contributed by atoms with E-state index in [1.165, 1.54) is 64.2 Å². The second kappa shape index (κ2) is 22.7. The largest absolute Gasteiger partial charge is 0.488 e. The minimum absolute atomic E-state index is 0.312. The molecule has 4 fully saturated rings. The number of aliphatic carboxylic acids is 2. The van der Waals surface area contributed by atoms with E-state index in [0.717, 1.165) is 76.6 Å². The summed E-state index contributed by atoms with van der Waals surface area (Å²) in [6.07, 6.45) is 22.6. The van der Waals surface area contributed by atoms with Crippen molar-refractivity contribution in [3.63, 3.8) is 0 Å². The monoisotopic (exact) mass is 696 g/mol. The minimum atomic E-state index is -1.26. The number of piperidine rings is 2. The highest BCUT2D eigenvalue weighted by Crippen LogP contribution is 2.31. The molecular formula is C38H56N4O8. The van der Waals surface area contributed by atoms with Gasteiger partial charge in [-0.1, -0.05) is 12.8 Å². The summed E-state index contributed by atoms with van der Waals surface area (Å²) in [5.41, 5.74) is 0. The van der Waals surface area contributed by atoms with Gasteiger partial charge in [-0.2, -0.15) is 0 Å². The third-order valence-corrected chi connectivity index (χ3v) is 9.25. The Morgan fingerprint density at radius 3 is 1.42 bits per heavy atom. The summed E-state index contributed by atoms with van der Waals surface area (Å²) >= 11 is 0. The molecule has 0 unspecified atom stereocenters. The van der Waals surface area contributed by atoms with E-state index in [2.05, 4.69) is 20.6 Å². The van der Waals surface area contributed by atoms with Crippen LogP contribution < -0.4 is 29.6 Å². The van der Waals surface area contributed by atoms with Crippen LogP contribution in [-0.4, -0.2) is 83.7 Å². The van der Waals surface area contributed by atoms with Crippen molar-refractivity contribution in [2.75, 3.05) is 39.4 Å². The van der Waals surface area contributed by atoms with Crippen molar-refractivity contribution in [3.8, 4) is 23.3 Å². The first-order chi connectivity index (χ1) is 24.5. The zero-order valence-electron chi connectivity index (χ0n) is 29.3. The first-order valence-corrected chi connectivity index (χ1v) is 18.5. The highest BCUT2D eigenvalue weighted by molar-refractivity contribution is 5.89. The van der Waals surface area contributed by atoms with Gasteiger partial charge >= 0.3 is 11.9 Å². The van der Waals surface area contributed by atoms with E-state index in [-0.39, 0.29) is 0 Å². The fourth-order valence-corrected chi connectivity index (χ4v) is 6.52. The van der Waals surface area contributed by atoms with Crippen molar-refractivity contribution >= 4 is 11.9 Å². The maximum atomic E-state index is 9.55. The normalized spacial score (nSPS) is 21.4. The second-order valence-electron chi connectivity index (χ2n) is 13.4. The quantitative estimate of drug-likeness (QED) is 0.190. The van der Waals surface area contributed by atoms with Crippen LogP contribution in [0.15, 0.2) is 48.8 Å². The van der Waals surface area contributed by atoms with Gasteiger partial charge in [0, 0.05) is 49.5 Å². The maximum Gasteiger partial charge on any atom is 0.328 e. The Kier molecular flexibility index (Phi) is 17.7. The predicted octanol–water partition coefficient (Wildman–Crippen LogP) is 6.05. The predicted molar refractivity (Wildman–Crippen MR) is 190 cm³/mol. The lowest BCUT2D eigenvalue weighted by molar-refractivity contribution is -0.134. The van der Waals surface area contributed by atoms with Crippen LogP contribution in [0.1, 0.15) is 89.9 Å². The molecule has 2 aliphatic carbocycles. The van der Waals surface area contributed by atoms with E-state index in [4.69, 9.17) is 29.2 Å². The first kappa shape index (κ1) is 38.9. The zero-order valence-corrected chi connectivity index (χ0v) is 29.3. The van der Waals surface area contributed by atoms with Gasteiger partial charge < -0.3 is 39.8 Å². The standard InChI is InChI=1S/2C17H26N2O2.C4H4O4/c2*1-2-7-15(8-3-1)21-17-16(9-5-11-19-17)20-13-14-6-4-10-18-12-14;5-3(6)1-2-4(7)8/h2*5,9,11,14-15,18H,1-4,6-8,10,12-13H2;1-2H,(H,5,6)(H,7,8)/b;;2-1+/t2*14-;/m00./s1. The van der Waals surface area contributed by atoms with Crippen LogP contribution in [0.3, 0.4) is 0 Å². The molecule has 2 atom stereocenters. The number of nitrogens with one attached hydrogen (secondary N) is 2. The van der Waals surface area contributed by atoms with E-state index < -0.39 is 11.9 Å². The molecule has 2 saturated heterocycles. The molecular weight excluding hydrogens is 640 g/mol. The lowest BCUT2D eigenvalue weighted by Gasteiger charge is -2.25. The molecule has 0 spiro atoms. The summed E-state index contributed by atoms with van der Waals surface area (Å²) < 4.78 is 24.1. The highest BCUT2D eigenvalue weighted by Gasteiger charge is 2.21. The number of hydrogen-bond donors (Lipinski definition) is 4. The molecule has 2 aromatic rings. The second-order valence-corrected chi connectivity index (χ2v) is 13.4. The molecule has 12 nitrogen and oxygen atoms in total. The number of ether oxygens (including phenoxy) is 4. The highest BCUT2D eigenvalue weighted by atomic mass is 16.5. The number of carboxylic acids is 2. The number of hydrogen-bond acceptors (Lipinski definition) is 10. The van der Waals surface area contributed by atoms with Gasteiger partial charge in [0.1, 0.15) is 12.2 Å². The van der Waals surface area contributed by atoms with Crippen LogP contribution in [0.5, 0.6) is 23.3 Å². The lowest BCUT2D eigenvalue weighted by atomic mass is 9.98. The number of pyridine rings is 2. The molecule has 2 saturated carbocycles. The van der Waals surface area contributed by atoms with Crippen molar-refractivity contribution in [2.24, 2.45) is 11.8 Å². The molecule has 4 N–H and O–H groups in total. The average Bonchev–Trinajstić information content (AvgIpc) is 3.15. The van der Waals surface area contributed by atoms with Crippen LogP contribution in [0, 0.1) is 11.8 Å². The third-order valence-electron chi connectivity index (χ3n) is 9.25. The summed E-state index contributed by atoms with van der Waals surface area (Å²) in [6, 6.07) is 7.78. The van der Waals surface area contributed by atoms with E-state index >= 15 is 0 Å². The Labute approximate surface area is 296 Å². The smallest absolute Gasteiger partial charge is 0.328 e. The van der Waals surface area contributed by atoms with Crippen LogP contribution in [0.4, 0.5) is 0 Å². The van der Waals surface area contributed by atoms with Crippen LogP contribution in [-0.2, 0) is 9.59 Å². The number of carbonyl (C=O) groups is 2. The SMILES string of the molecule is O=C(O)/C=C/C(=O)O.c1cnc(OC2CCCCC2)c(OC[C@H]2CCCNC2)c1.c1cnc(OC2CCCCC2)c(OC[C@H]2CCCNC2)c1. The molecule has 2 aromatic heterocycles. The Morgan fingerprint density at radius 2 is 1.06 bits per heavy atom. The van der Waals surface area contributed by atoms with Crippen molar-refractivity contribution < 1.29 is 38.7 Å². The Balaban J connectivity index is 0.000000186. The molecule has 12 heteroatoms. The molecule has 4 heterocycles. The summed E-state index contributed by atoms with van der Waals surface area (Å²) in [4.78, 5) is 27.9. The Bertz CT molecular complexity index is 1190. The summed E-state index contributed by atoms with van der Waals surface area (Å²) in [5, 5.41) is 22.5. The van der Waals surface area contributed by atoms with Gasteiger partial charge in [0.2, 0.25) is 0 Å². The van der Waals surface area contributed by atoms with Gasteiger partial charge in [-0.05, 0) is 114 Å². The van der Waals surface area contributed by atoms with Gasteiger partial charge in [-0.3, -0.25) is 0 Å². The fourth-order valence-electron chi connectivity index (χ4n) is 6.52. The summed E-state index contributed by atoms with van der Waals surface area (Å²) in [5.74, 6) is 1.63.